The Hall–Kier alpha value is -1.36. The molecule has 1 atom stereocenters. The summed E-state index contributed by atoms with van der Waals surface area (Å²) in [7, 11) is 1.65. The molecule has 2 rings (SSSR count). The third kappa shape index (κ3) is 2.41. The standard InChI is InChI=1S/C11H17N3O2/c1-8(16-2)7-13-10-11(15)14(6-5-12-10)9-3-4-9/h5-6,8-9H,3-4,7H2,1-2H3,(H,12,13). The van der Waals surface area contributed by atoms with Crippen LogP contribution >= 0.6 is 0 Å². The van der Waals surface area contributed by atoms with Gasteiger partial charge in [-0.25, -0.2) is 4.98 Å². The maximum Gasteiger partial charge on any atom is 0.293 e. The molecule has 1 heterocycles. The van der Waals surface area contributed by atoms with Gasteiger partial charge in [0, 0.05) is 32.1 Å². The van der Waals surface area contributed by atoms with Crippen molar-refractivity contribution in [1.82, 2.24) is 9.55 Å². The topological polar surface area (TPSA) is 56.1 Å². The number of hydrogen-bond acceptors (Lipinski definition) is 4. The number of nitrogens with one attached hydrogen (secondary N) is 1. The molecule has 1 aromatic heterocycles. The highest BCUT2D eigenvalue weighted by Gasteiger charge is 2.25. The van der Waals surface area contributed by atoms with E-state index in [1.165, 1.54) is 0 Å². The van der Waals surface area contributed by atoms with Gasteiger partial charge in [-0.3, -0.25) is 4.79 Å². The first-order valence-electron chi connectivity index (χ1n) is 5.56. The summed E-state index contributed by atoms with van der Waals surface area (Å²) < 4.78 is 6.86. The van der Waals surface area contributed by atoms with Crippen molar-refractivity contribution < 1.29 is 4.74 Å². The molecule has 1 N–H and O–H groups in total. The van der Waals surface area contributed by atoms with E-state index in [1.54, 1.807) is 24.1 Å². The Bertz CT molecular complexity index is 412. The smallest absolute Gasteiger partial charge is 0.293 e. The van der Waals surface area contributed by atoms with E-state index >= 15 is 0 Å². The number of hydrogen-bond donors (Lipinski definition) is 1. The predicted octanol–water partition coefficient (Wildman–Crippen LogP) is 1.02. The fourth-order valence-electron chi connectivity index (χ4n) is 1.51. The van der Waals surface area contributed by atoms with Crippen LogP contribution in [0.2, 0.25) is 0 Å². The molecule has 0 spiro atoms. The van der Waals surface area contributed by atoms with Gasteiger partial charge in [0.15, 0.2) is 5.82 Å². The maximum atomic E-state index is 11.9. The quantitative estimate of drug-likeness (QED) is 0.810. The molecule has 1 aliphatic carbocycles. The molecule has 0 radical (unpaired) electrons. The highest BCUT2D eigenvalue weighted by Crippen LogP contribution is 2.33. The first-order valence-corrected chi connectivity index (χ1v) is 5.56. The van der Waals surface area contributed by atoms with Crippen molar-refractivity contribution in [1.29, 1.82) is 0 Å². The molecule has 0 amide bonds. The van der Waals surface area contributed by atoms with Crippen molar-refractivity contribution in [3.05, 3.63) is 22.7 Å². The van der Waals surface area contributed by atoms with E-state index in [-0.39, 0.29) is 11.7 Å². The molecular formula is C11H17N3O2. The fraction of sp³-hybridized carbons (Fsp3) is 0.636. The molecule has 0 aliphatic heterocycles. The average molecular weight is 223 g/mol. The minimum Gasteiger partial charge on any atom is -0.380 e. The summed E-state index contributed by atoms with van der Waals surface area (Å²) in [4.78, 5) is 16.0. The lowest BCUT2D eigenvalue weighted by Gasteiger charge is -2.11. The lowest BCUT2D eigenvalue weighted by atomic mass is 10.4. The van der Waals surface area contributed by atoms with Crippen LogP contribution < -0.4 is 10.9 Å². The number of ether oxygens (including phenoxy) is 1. The summed E-state index contributed by atoms with van der Waals surface area (Å²) >= 11 is 0. The summed E-state index contributed by atoms with van der Waals surface area (Å²) in [6, 6.07) is 0.385. The third-order valence-electron chi connectivity index (χ3n) is 2.77. The van der Waals surface area contributed by atoms with E-state index in [0.717, 1.165) is 12.8 Å². The summed E-state index contributed by atoms with van der Waals surface area (Å²) in [6.45, 7) is 2.53. The molecular weight excluding hydrogens is 206 g/mol. The largest absolute Gasteiger partial charge is 0.380 e. The van der Waals surface area contributed by atoms with Crippen LogP contribution in [-0.4, -0.2) is 29.3 Å². The molecule has 5 nitrogen and oxygen atoms in total. The van der Waals surface area contributed by atoms with Crippen molar-refractivity contribution in [2.45, 2.75) is 31.9 Å². The Labute approximate surface area is 94.5 Å². The normalized spacial score (nSPS) is 17.1. The number of anilines is 1. The number of methoxy groups -OCH3 is 1. The van der Waals surface area contributed by atoms with Gasteiger partial charge in [0.2, 0.25) is 0 Å². The lowest BCUT2D eigenvalue weighted by Crippen LogP contribution is -2.27. The monoisotopic (exact) mass is 223 g/mol. The zero-order valence-electron chi connectivity index (χ0n) is 9.64. The van der Waals surface area contributed by atoms with Crippen molar-refractivity contribution in [2.24, 2.45) is 0 Å². The summed E-state index contributed by atoms with van der Waals surface area (Å²) in [5, 5.41) is 3.02. The first kappa shape index (κ1) is 11.1. The van der Waals surface area contributed by atoms with Gasteiger partial charge in [0.05, 0.1) is 6.10 Å². The van der Waals surface area contributed by atoms with Gasteiger partial charge in [0.25, 0.3) is 5.56 Å². The Morgan fingerprint density at radius 2 is 2.44 bits per heavy atom. The van der Waals surface area contributed by atoms with E-state index in [0.29, 0.717) is 18.4 Å². The van der Waals surface area contributed by atoms with E-state index < -0.39 is 0 Å². The van der Waals surface area contributed by atoms with Crippen LogP contribution in [0.3, 0.4) is 0 Å². The number of rotatable bonds is 5. The zero-order valence-corrected chi connectivity index (χ0v) is 9.64. The summed E-state index contributed by atoms with van der Waals surface area (Å²) in [5.41, 5.74) is -0.0340. The highest BCUT2D eigenvalue weighted by atomic mass is 16.5. The van der Waals surface area contributed by atoms with Crippen LogP contribution in [0.1, 0.15) is 25.8 Å². The van der Waals surface area contributed by atoms with Crippen molar-refractivity contribution >= 4 is 5.82 Å². The van der Waals surface area contributed by atoms with Gasteiger partial charge in [-0.2, -0.15) is 0 Å². The van der Waals surface area contributed by atoms with Crippen molar-refractivity contribution in [3.8, 4) is 0 Å². The van der Waals surface area contributed by atoms with Crippen LogP contribution in [0.4, 0.5) is 5.82 Å². The second kappa shape index (κ2) is 4.65. The van der Waals surface area contributed by atoms with Crippen LogP contribution in [0, 0.1) is 0 Å². The second-order valence-corrected chi connectivity index (χ2v) is 4.15. The van der Waals surface area contributed by atoms with Crippen LogP contribution in [0.15, 0.2) is 17.2 Å². The van der Waals surface area contributed by atoms with Crippen LogP contribution in [0.5, 0.6) is 0 Å². The predicted molar refractivity (Wildman–Crippen MR) is 61.7 cm³/mol. The SMILES string of the molecule is COC(C)CNc1nccn(C2CC2)c1=O. The Kier molecular flexibility index (Phi) is 3.24. The lowest BCUT2D eigenvalue weighted by molar-refractivity contribution is 0.128. The molecule has 1 saturated carbocycles. The van der Waals surface area contributed by atoms with Gasteiger partial charge in [0.1, 0.15) is 0 Å². The van der Waals surface area contributed by atoms with Gasteiger partial charge in [-0.05, 0) is 19.8 Å². The minimum atomic E-state index is -0.0340. The highest BCUT2D eigenvalue weighted by molar-refractivity contribution is 5.31. The van der Waals surface area contributed by atoms with Gasteiger partial charge >= 0.3 is 0 Å². The minimum absolute atomic E-state index is 0.0340. The molecule has 1 unspecified atom stereocenters. The first-order chi connectivity index (χ1) is 7.72. The summed E-state index contributed by atoms with van der Waals surface area (Å²) in [5.74, 6) is 0.415. The number of aromatic nitrogens is 2. The molecule has 1 fully saturated rings. The van der Waals surface area contributed by atoms with E-state index in [4.69, 9.17) is 4.74 Å². The van der Waals surface area contributed by atoms with Crippen molar-refractivity contribution in [2.75, 3.05) is 19.0 Å². The van der Waals surface area contributed by atoms with E-state index in [1.807, 2.05) is 6.92 Å². The van der Waals surface area contributed by atoms with Gasteiger partial charge in [-0.15, -0.1) is 0 Å². The fourth-order valence-corrected chi connectivity index (χ4v) is 1.51. The third-order valence-corrected chi connectivity index (χ3v) is 2.77. The molecule has 1 aromatic rings. The number of nitrogens with zero attached hydrogens (tertiary/aromatic N) is 2. The van der Waals surface area contributed by atoms with Gasteiger partial charge in [-0.1, -0.05) is 0 Å². The van der Waals surface area contributed by atoms with Crippen LogP contribution in [-0.2, 0) is 4.74 Å². The van der Waals surface area contributed by atoms with Gasteiger partial charge < -0.3 is 14.6 Å². The van der Waals surface area contributed by atoms with E-state index in [2.05, 4.69) is 10.3 Å². The summed E-state index contributed by atoms with van der Waals surface area (Å²) in [6.07, 6.45) is 5.68. The molecule has 16 heavy (non-hydrogen) atoms. The zero-order chi connectivity index (χ0) is 11.5. The van der Waals surface area contributed by atoms with E-state index in [9.17, 15) is 4.79 Å². The Balaban J connectivity index is 2.09. The molecule has 1 aliphatic rings. The van der Waals surface area contributed by atoms with Crippen LogP contribution in [0.25, 0.3) is 0 Å². The molecule has 0 aromatic carbocycles. The average Bonchev–Trinajstić information content (AvgIpc) is 3.11. The molecule has 0 bridgehead atoms. The Morgan fingerprint density at radius 3 is 3.06 bits per heavy atom. The second-order valence-electron chi connectivity index (χ2n) is 4.15. The molecule has 88 valence electrons. The molecule has 5 heteroatoms. The van der Waals surface area contributed by atoms with Crippen molar-refractivity contribution in [3.63, 3.8) is 0 Å². The Morgan fingerprint density at radius 1 is 1.69 bits per heavy atom. The molecule has 0 saturated heterocycles. The maximum absolute atomic E-state index is 11.9.